The normalized spacial score (nSPS) is 10.6. The van der Waals surface area contributed by atoms with Crippen molar-refractivity contribution in [2.75, 3.05) is 0 Å². The number of allylic oxidation sites excluding steroid dienone is 2. The molecular weight excluding hydrogens is 429 g/mol. The van der Waals surface area contributed by atoms with Crippen LogP contribution in [0.25, 0.3) is 10.8 Å². The van der Waals surface area contributed by atoms with Gasteiger partial charge in [0.1, 0.15) is 0 Å². The molecule has 0 aliphatic heterocycles. The van der Waals surface area contributed by atoms with Gasteiger partial charge in [-0.3, -0.25) is 0 Å². The number of halogens is 3. The van der Waals surface area contributed by atoms with Crippen LogP contribution in [0.2, 0.25) is 0 Å². The molecule has 0 bridgehead atoms. The van der Waals surface area contributed by atoms with Gasteiger partial charge in [0.05, 0.1) is 0 Å². The third kappa shape index (κ3) is 5.58. The molecule has 0 saturated carbocycles. The van der Waals surface area contributed by atoms with Crippen LogP contribution in [0.3, 0.4) is 0 Å². The summed E-state index contributed by atoms with van der Waals surface area (Å²) in [5.41, 5.74) is 4.49. The van der Waals surface area contributed by atoms with E-state index in [0.717, 1.165) is 35.6 Å². The van der Waals surface area contributed by atoms with Crippen LogP contribution in [-0.4, -0.2) is 0 Å². The third-order valence-electron chi connectivity index (χ3n) is 5.35. The second-order valence-electron chi connectivity index (χ2n) is 7.80. The summed E-state index contributed by atoms with van der Waals surface area (Å²) in [4.78, 5) is 0. The van der Waals surface area contributed by atoms with E-state index in [1.165, 1.54) is 11.6 Å². The van der Waals surface area contributed by atoms with Crippen molar-refractivity contribution in [2.24, 2.45) is 0 Å². The van der Waals surface area contributed by atoms with Crippen molar-refractivity contribution >= 4 is 10.8 Å². The van der Waals surface area contributed by atoms with Crippen LogP contribution in [0.5, 0.6) is 0 Å². The summed E-state index contributed by atoms with van der Waals surface area (Å²) in [6.45, 7) is 2.03. The van der Waals surface area contributed by atoms with Gasteiger partial charge in [-0.2, -0.15) is 0 Å². The first-order valence-corrected chi connectivity index (χ1v) is 10.9. The fourth-order valence-corrected chi connectivity index (χ4v) is 3.48. The van der Waals surface area contributed by atoms with Crippen LogP contribution >= 0.6 is 0 Å². The fourth-order valence-electron chi connectivity index (χ4n) is 3.48. The van der Waals surface area contributed by atoms with Crippen LogP contribution in [0, 0.1) is 41.1 Å². The van der Waals surface area contributed by atoms with E-state index in [1.807, 2.05) is 43.3 Å². The van der Waals surface area contributed by atoms with Gasteiger partial charge in [0.15, 0.2) is 17.5 Å². The molecule has 0 aliphatic rings. The summed E-state index contributed by atoms with van der Waals surface area (Å²) < 4.78 is 40.8. The molecule has 4 rings (SSSR count). The maximum atomic E-state index is 13.9. The summed E-state index contributed by atoms with van der Waals surface area (Å²) in [6, 6.07) is 21.3. The second kappa shape index (κ2) is 10.6. The highest BCUT2D eigenvalue weighted by Gasteiger charge is 2.13. The molecule has 0 aliphatic carbocycles. The highest BCUT2D eigenvalue weighted by molar-refractivity contribution is 5.84. The van der Waals surface area contributed by atoms with Gasteiger partial charge < -0.3 is 0 Å². The summed E-state index contributed by atoms with van der Waals surface area (Å²) in [7, 11) is 0. The summed E-state index contributed by atoms with van der Waals surface area (Å²) >= 11 is 0. The average Bonchev–Trinajstić information content (AvgIpc) is 2.86. The number of benzene rings is 4. The quantitative estimate of drug-likeness (QED) is 0.172. The second-order valence-corrected chi connectivity index (χ2v) is 7.80. The molecule has 0 aromatic heterocycles. The zero-order valence-electron chi connectivity index (χ0n) is 18.6. The number of hydrogen-bond donors (Lipinski definition) is 0. The van der Waals surface area contributed by atoms with Crippen LogP contribution in [-0.2, 0) is 6.42 Å². The topological polar surface area (TPSA) is 0 Å². The lowest BCUT2D eigenvalue weighted by Crippen LogP contribution is -1.92. The Morgan fingerprint density at radius 2 is 1.18 bits per heavy atom. The van der Waals surface area contributed by atoms with Gasteiger partial charge in [-0.05, 0) is 85.3 Å². The molecule has 0 nitrogen and oxygen atoms in total. The maximum Gasteiger partial charge on any atom is 0.195 e. The van der Waals surface area contributed by atoms with Gasteiger partial charge in [-0.25, -0.2) is 13.2 Å². The maximum absolute atomic E-state index is 13.9. The third-order valence-corrected chi connectivity index (χ3v) is 5.35. The molecule has 4 aromatic carbocycles. The van der Waals surface area contributed by atoms with Crippen molar-refractivity contribution in [2.45, 2.75) is 19.8 Å². The van der Waals surface area contributed by atoms with E-state index < -0.39 is 17.5 Å². The van der Waals surface area contributed by atoms with E-state index in [9.17, 15) is 13.2 Å². The number of fused-ring (bicyclic) bond motifs is 1. The number of hydrogen-bond acceptors (Lipinski definition) is 0. The number of aryl methyl sites for hydroxylation is 1. The molecule has 166 valence electrons. The molecule has 0 amide bonds. The summed E-state index contributed by atoms with van der Waals surface area (Å²) in [5.74, 6) is 8.47. The minimum absolute atomic E-state index is 0.0238. The van der Waals surface area contributed by atoms with Crippen molar-refractivity contribution in [3.63, 3.8) is 0 Å². The van der Waals surface area contributed by atoms with E-state index in [2.05, 4.69) is 48.0 Å². The Balaban J connectivity index is 1.45. The van der Waals surface area contributed by atoms with Gasteiger partial charge in [0, 0.05) is 27.6 Å². The van der Waals surface area contributed by atoms with Crippen LogP contribution in [0.15, 0.2) is 84.9 Å². The van der Waals surface area contributed by atoms with Gasteiger partial charge in [0.2, 0.25) is 0 Å². The van der Waals surface area contributed by atoms with Crippen molar-refractivity contribution in [1.29, 1.82) is 0 Å². The Morgan fingerprint density at radius 1 is 0.647 bits per heavy atom. The highest BCUT2D eigenvalue weighted by Crippen LogP contribution is 2.24. The first kappa shape index (κ1) is 23.0. The molecule has 3 heteroatoms. The summed E-state index contributed by atoms with van der Waals surface area (Å²) in [6.07, 6.45) is 6.28. The Morgan fingerprint density at radius 3 is 1.76 bits per heavy atom. The van der Waals surface area contributed by atoms with Crippen LogP contribution in [0.1, 0.15) is 41.2 Å². The molecule has 0 spiro atoms. The van der Waals surface area contributed by atoms with Gasteiger partial charge in [-0.1, -0.05) is 54.0 Å². The van der Waals surface area contributed by atoms with Crippen molar-refractivity contribution in [1.82, 2.24) is 0 Å². The summed E-state index contributed by atoms with van der Waals surface area (Å²) in [5, 5.41) is 0.287. The fraction of sp³-hybridized carbons (Fsp3) is 0.0968. The first-order valence-electron chi connectivity index (χ1n) is 10.9. The average molecular weight is 451 g/mol. The zero-order valence-corrected chi connectivity index (χ0v) is 18.6. The molecule has 0 atom stereocenters. The molecule has 0 heterocycles. The monoisotopic (exact) mass is 450 g/mol. The Bertz CT molecular complexity index is 1470. The number of rotatable bonds is 3. The van der Waals surface area contributed by atoms with E-state index >= 15 is 0 Å². The molecule has 0 fully saturated rings. The van der Waals surface area contributed by atoms with Gasteiger partial charge >= 0.3 is 0 Å². The molecule has 0 N–H and O–H groups in total. The Kier molecular flexibility index (Phi) is 7.16. The molecule has 4 aromatic rings. The Labute approximate surface area is 197 Å². The minimum Gasteiger partial charge on any atom is -0.204 e. The van der Waals surface area contributed by atoms with E-state index in [0.29, 0.717) is 5.56 Å². The van der Waals surface area contributed by atoms with E-state index in [4.69, 9.17) is 0 Å². The van der Waals surface area contributed by atoms with Crippen molar-refractivity contribution < 1.29 is 13.2 Å². The van der Waals surface area contributed by atoms with E-state index in [-0.39, 0.29) is 10.8 Å². The van der Waals surface area contributed by atoms with Crippen molar-refractivity contribution in [3.8, 4) is 23.7 Å². The van der Waals surface area contributed by atoms with E-state index in [1.54, 1.807) is 12.1 Å². The smallest absolute Gasteiger partial charge is 0.195 e. The first-order chi connectivity index (χ1) is 16.5. The van der Waals surface area contributed by atoms with Crippen LogP contribution < -0.4 is 0 Å². The molecule has 0 radical (unpaired) electrons. The van der Waals surface area contributed by atoms with Crippen LogP contribution in [0.4, 0.5) is 13.2 Å². The predicted molar refractivity (Wildman–Crippen MR) is 132 cm³/mol. The molecular formula is C31H21F3. The lowest BCUT2D eigenvalue weighted by atomic mass is 10.1. The zero-order chi connectivity index (χ0) is 23.9. The SMILES string of the molecule is C/C=C/CCc1ccc(C#Cc2ccc(C#Cc3ccc4c(F)c(F)c(F)cc4c3)cc2)cc1. The lowest BCUT2D eigenvalue weighted by molar-refractivity contribution is 0.453. The standard InChI is InChI=1S/C31H21F3/c1-2-3-4-5-22-6-8-23(9-7-22)10-11-24-12-14-25(15-13-24)16-17-26-18-19-28-27(20-26)21-29(32)31(34)30(28)33/h2-3,6-9,12-15,18-21H,4-5H2,1H3/b3-2+. The van der Waals surface area contributed by atoms with Gasteiger partial charge in [0.25, 0.3) is 0 Å². The molecule has 0 saturated heterocycles. The molecule has 0 unspecified atom stereocenters. The Hall–Kier alpha value is -4.21. The highest BCUT2D eigenvalue weighted by atomic mass is 19.2. The van der Waals surface area contributed by atoms with Crippen molar-refractivity contribution in [3.05, 3.63) is 130 Å². The minimum atomic E-state index is -1.47. The largest absolute Gasteiger partial charge is 0.204 e. The lowest BCUT2D eigenvalue weighted by Gasteiger charge is -2.02. The van der Waals surface area contributed by atoms with Gasteiger partial charge in [-0.15, -0.1) is 0 Å². The molecule has 34 heavy (non-hydrogen) atoms. The predicted octanol–water partition coefficient (Wildman–Crippen LogP) is 7.57.